The first-order valence-corrected chi connectivity index (χ1v) is 6.42. The molecule has 0 radical (unpaired) electrons. The Hall–Kier alpha value is -2.04. The number of likely N-dealkylation sites (N-methyl/N-ethyl adjacent to an activating group) is 1. The van der Waals surface area contributed by atoms with Gasteiger partial charge in [0.15, 0.2) is 0 Å². The number of nitrogens with one attached hydrogen (secondary N) is 1. The number of carboxylic acids is 1. The third-order valence-corrected chi connectivity index (χ3v) is 2.76. The molecule has 0 aromatic heterocycles. The molecular weight excluding hydrogens is 244 g/mol. The van der Waals surface area contributed by atoms with Crippen LogP contribution in [0, 0.1) is 0 Å². The number of carboxylic acid groups (broad SMARTS) is 1. The Morgan fingerprint density at radius 1 is 1.26 bits per heavy atom. The highest BCUT2D eigenvalue weighted by Gasteiger charge is 2.13. The lowest BCUT2D eigenvalue weighted by Gasteiger charge is -2.19. The normalized spacial score (nSPS) is 9.95. The highest BCUT2D eigenvalue weighted by Crippen LogP contribution is 2.01. The number of nitrogens with zero attached hydrogens (tertiary/aromatic N) is 1. The summed E-state index contributed by atoms with van der Waals surface area (Å²) in [6.07, 6.45) is 1.73. The van der Waals surface area contributed by atoms with Gasteiger partial charge in [0.25, 0.3) is 0 Å². The summed E-state index contributed by atoms with van der Waals surface area (Å²) in [6.45, 7) is 2.42. The fourth-order valence-corrected chi connectivity index (χ4v) is 1.73. The number of hydrogen-bond acceptors (Lipinski definition) is 2. The molecule has 1 aromatic carbocycles. The molecule has 0 bridgehead atoms. The smallest absolute Gasteiger partial charge is 0.323 e. The monoisotopic (exact) mass is 264 g/mol. The minimum Gasteiger partial charge on any atom is -0.480 e. The number of amides is 2. The molecule has 0 aliphatic carbocycles. The van der Waals surface area contributed by atoms with Gasteiger partial charge in [-0.25, -0.2) is 4.79 Å². The Morgan fingerprint density at radius 2 is 1.95 bits per heavy atom. The van der Waals surface area contributed by atoms with E-state index in [2.05, 4.69) is 5.32 Å². The van der Waals surface area contributed by atoms with E-state index < -0.39 is 5.97 Å². The lowest BCUT2D eigenvalue weighted by molar-refractivity contribution is -0.137. The second-order valence-corrected chi connectivity index (χ2v) is 4.23. The molecular formula is C14H20N2O3. The van der Waals surface area contributed by atoms with E-state index in [-0.39, 0.29) is 12.6 Å². The molecule has 104 valence electrons. The zero-order valence-electron chi connectivity index (χ0n) is 11.1. The minimum atomic E-state index is -0.999. The molecule has 0 fully saturated rings. The van der Waals surface area contributed by atoms with Gasteiger partial charge in [0.1, 0.15) is 6.54 Å². The summed E-state index contributed by atoms with van der Waals surface area (Å²) in [5.74, 6) is -0.999. The molecule has 5 heteroatoms. The van der Waals surface area contributed by atoms with E-state index in [1.165, 1.54) is 10.5 Å². The third-order valence-electron chi connectivity index (χ3n) is 2.76. The number of benzene rings is 1. The van der Waals surface area contributed by atoms with Crippen molar-refractivity contribution in [2.75, 3.05) is 19.6 Å². The second kappa shape index (κ2) is 8.13. The van der Waals surface area contributed by atoms with E-state index >= 15 is 0 Å². The van der Waals surface area contributed by atoms with Crippen molar-refractivity contribution in [3.8, 4) is 0 Å². The molecule has 2 amide bonds. The first kappa shape index (κ1) is 15.0. The summed E-state index contributed by atoms with van der Waals surface area (Å²) in [6, 6.07) is 9.71. The zero-order chi connectivity index (χ0) is 14.1. The number of carbonyl (C=O) groups excluding carboxylic acids is 1. The Kier molecular flexibility index (Phi) is 6.43. The van der Waals surface area contributed by atoms with Gasteiger partial charge in [0, 0.05) is 13.1 Å². The van der Waals surface area contributed by atoms with E-state index in [4.69, 9.17) is 5.11 Å². The highest BCUT2D eigenvalue weighted by atomic mass is 16.4. The van der Waals surface area contributed by atoms with Crippen LogP contribution in [0.4, 0.5) is 4.79 Å². The average molecular weight is 264 g/mol. The number of rotatable bonds is 7. The molecule has 1 aromatic rings. The maximum absolute atomic E-state index is 11.7. The first-order chi connectivity index (χ1) is 9.13. The van der Waals surface area contributed by atoms with E-state index in [0.29, 0.717) is 13.1 Å². The number of aliphatic carboxylic acids is 1. The Morgan fingerprint density at radius 3 is 2.53 bits per heavy atom. The number of aryl methyl sites for hydroxylation is 1. The van der Waals surface area contributed by atoms with Crippen LogP contribution in [0.3, 0.4) is 0 Å². The summed E-state index contributed by atoms with van der Waals surface area (Å²) in [5.41, 5.74) is 1.23. The maximum atomic E-state index is 11.7. The van der Waals surface area contributed by atoms with Crippen LogP contribution >= 0.6 is 0 Å². The summed E-state index contributed by atoms with van der Waals surface area (Å²) in [5, 5.41) is 11.4. The minimum absolute atomic E-state index is 0.263. The van der Waals surface area contributed by atoms with Crippen LogP contribution < -0.4 is 5.32 Å². The molecule has 1 rings (SSSR count). The van der Waals surface area contributed by atoms with Crippen molar-refractivity contribution in [2.24, 2.45) is 0 Å². The molecule has 2 N–H and O–H groups in total. The van der Waals surface area contributed by atoms with Crippen LogP contribution in [-0.4, -0.2) is 41.6 Å². The maximum Gasteiger partial charge on any atom is 0.323 e. The zero-order valence-corrected chi connectivity index (χ0v) is 11.1. The van der Waals surface area contributed by atoms with Gasteiger partial charge in [-0.3, -0.25) is 4.79 Å². The van der Waals surface area contributed by atoms with Gasteiger partial charge >= 0.3 is 12.0 Å². The van der Waals surface area contributed by atoms with Crippen molar-refractivity contribution in [1.29, 1.82) is 0 Å². The third kappa shape index (κ3) is 5.90. The van der Waals surface area contributed by atoms with Crippen LogP contribution in [0.2, 0.25) is 0 Å². The van der Waals surface area contributed by atoms with Gasteiger partial charge in [-0.1, -0.05) is 30.3 Å². The SMILES string of the molecule is CCN(CC(=O)O)C(=O)NCCCc1ccccc1. The Balaban J connectivity index is 2.24. The van der Waals surface area contributed by atoms with Crippen LogP contribution in [0.1, 0.15) is 18.9 Å². The topological polar surface area (TPSA) is 69.6 Å². The lowest BCUT2D eigenvalue weighted by Crippen LogP contribution is -2.42. The molecule has 19 heavy (non-hydrogen) atoms. The van der Waals surface area contributed by atoms with Gasteiger partial charge in [0.05, 0.1) is 0 Å². The fraction of sp³-hybridized carbons (Fsp3) is 0.429. The van der Waals surface area contributed by atoms with Crippen LogP contribution in [0.25, 0.3) is 0 Å². The van der Waals surface area contributed by atoms with Crippen LogP contribution in [0.15, 0.2) is 30.3 Å². The van der Waals surface area contributed by atoms with Crippen LogP contribution in [-0.2, 0) is 11.2 Å². The van der Waals surface area contributed by atoms with Gasteiger partial charge in [-0.05, 0) is 25.3 Å². The molecule has 0 atom stereocenters. The molecule has 0 heterocycles. The Bertz CT molecular complexity index is 406. The van der Waals surface area contributed by atoms with Crippen molar-refractivity contribution in [2.45, 2.75) is 19.8 Å². The summed E-state index contributed by atoms with van der Waals surface area (Å²) in [7, 11) is 0. The predicted molar refractivity (Wildman–Crippen MR) is 73.0 cm³/mol. The molecule has 0 unspecified atom stereocenters. The van der Waals surface area contributed by atoms with Crippen molar-refractivity contribution >= 4 is 12.0 Å². The molecule has 5 nitrogen and oxygen atoms in total. The van der Waals surface area contributed by atoms with Gasteiger partial charge in [0.2, 0.25) is 0 Å². The standard InChI is InChI=1S/C14H20N2O3/c1-2-16(11-13(17)18)14(19)15-10-6-9-12-7-4-3-5-8-12/h3-5,7-8H,2,6,9-11H2,1H3,(H,15,19)(H,17,18). The van der Waals surface area contributed by atoms with Crippen molar-refractivity contribution in [3.63, 3.8) is 0 Å². The second-order valence-electron chi connectivity index (χ2n) is 4.23. The lowest BCUT2D eigenvalue weighted by atomic mass is 10.1. The van der Waals surface area contributed by atoms with Crippen molar-refractivity contribution in [1.82, 2.24) is 10.2 Å². The van der Waals surface area contributed by atoms with Gasteiger partial charge in [-0.2, -0.15) is 0 Å². The highest BCUT2D eigenvalue weighted by molar-refractivity contribution is 5.79. The van der Waals surface area contributed by atoms with E-state index in [1.54, 1.807) is 6.92 Å². The first-order valence-electron chi connectivity index (χ1n) is 6.42. The summed E-state index contributed by atoms with van der Waals surface area (Å²) >= 11 is 0. The molecule has 0 saturated heterocycles. The summed E-state index contributed by atoms with van der Waals surface area (Å²) < 4.78 is 0. The Labute approximate surface area is 113 Å². The van der Waals surface area contributed by atoms with Crippen LogP contribution in [0.5, 0.6) is 0 Å². The van der Waals surface area contributed by atoms with E-state index in [9.17, 15) is 9.59 Å². The van der Waals surface area contributed by atoms with E-state index in [0.717, 1.165) is 12.8 Å². The van der Waals surface area contributed by atoms with Gasteiger partial charge < -0.3 is 15.3 Å². The van der Waals surface area contributed by atoms with Gasteiger partial charge in [-0.15, -0.1) is 0 Å². The number of urea groups is 1. The average Bonchev–Trinajstić information content (AvgIpc) is 2.41. The predicted octanol–water partition coefficient (Wildman–Crippen LogP) is 1.74. The fourth-order valence-electron chi connectivity index (χ4n) is 1.73. The van der Waals surface area contributed by atoms with Crippen molar-refractivity contribution in [3.05, 3.63) is 35.9 Å². The number of carbonyl (C=O) groups is 2. The quantitative estimate of drug-likeness (QED) is 0.737. The molecule has 0 spiro atoms. The summed E-state index contributed by atoms with van der Waals surface area (Å²) in [4.78, 5) is 23.5. The number of hydrogen-bond donors (Lipinski definition) is 2. The van der Waals surface area contributed by atoms with E-state index in [1.807, 2.05) is 30.3 Å². The largest absolute Gasteiger partial charge is 0.480 e. The molecule has 0 saturated carbocycles. The van der Waals surface area contributed by atoms with Crippen molar-refractivity contribution < 1.29 is 14.7 Å². The molecule has 0 aliphatic rings. The molecule has 0 aliphatic heterocycles.